The van der Waals surface area contributed by atoms with E-state index in [0.717, 1.165) is 0 Å². The van der Waals surface area contributed by atoms with Crippen molar-refractivity contribution in [3.05, 3.63) is 11.1 Å². The summed E-state index contributed by atoms with van der Waals surface area (Å²) in [5.74, 6) is -1.39. The molecular formula is C12H15IO7. The number of carbonyl (C=O) groups is 2. The minimum atomic E-state index is -1.20. The molecule has 8 heteroatoms. The van der Waals surface area contributed by atoms with Crippen LogP contribution in [0.5, 0.6) is 0 Å². The van der Waals surface area contributed by atoms with Crippen LogP contribution in [0.3, 0.4) is 0 Å². The Kier molecular flexibility index (Phi) is 4.38. The summed E-state index contributed by atoms with van der Waals surface area (Å²) in [5.41, 5.74) is -1.11. The molecule has 0 aromatic rings. The smallest absolute Gasteiger partial charge is 0.337 e. The number of carbonyl (C=O) groups excluding carboxylic acids is 2. The molecule has 0 radical (unpaired) electrons. The van der Waals surface area contributed by atoms with Gasteiger partial charge in [0.1, 0.15) is 11.7 Å². The van der Waals surface area contributed by atoms with Crippen LogP contribution in [0.4, 0.5) is 0 Å². The van der Waals surface area contributed by atoms with Crippen LogP contribution in [0.2, 0.25) is 0 Å². The highest BCUT2D eigenvalue weighted by molar-refractivity contribution is 14.1. The third-order valence-corrected chi connectivity index (χ3v) is 5.27. The number of hydrogen-bond acceptors (Lipinski definition) is 7. The van der Waals surface area contributed by atoms with Gasteiger partial charge >= 0.3 is 11.9 Å². The average Bonchev–Trinajstić information content (AvgIpc) is 2.90. The van der Waals surface area contributed by atoms with E-state index in [1.165, 1.54) is 21.3 Å². The number of ether oxygens (including phenoxy) is 4. The number of aliphatic hydroxyl groups excluding tert-OH is 1. The first kappa shape index (κ1) is 15.7. The zero-order valence-corrected chi connectivity index (χ0v) is 13.4. The maximum Gasteiger partial charge on any atom is 0.337 e. The normalized spacial score (nSPS) is 35.4. The molecule has 0 aromatic carbocycles. The van der Waals surface area contributed by atoms with Crippen molar-refractivity contribution in [2.75, 3.05) is 27.9 Å². The second kappa shape index (κ2) is 5.58. The van der Waals surface area contributed by atoms with Crippen molar-refractivity contribution in [3.63, 3.8) is 0 Å². The second-order valence-electron chi connectivity index (χ2n) is 4.53. The van der Waals surface area contributed by atoms with E-state index in [2.05, 4.69) is 4.74 Å². The molecule has 2 bridgehead atoms. The van der Waals surface area contributed by atoms with Gasteiger partial charge in [-0.3, -0.25) is 0 Å². The van der Waals surface area contributed by atoms with Gasteiger partial charge in [-0.15, -0.1) is 0 Å². The highest BCUT2D eigenvalue weighted by Crippen LogP contribution is 2.51. The third-order valence-electron chi connectivity index (χ3n) is 3.52. The van der Waals surface area contributed by atoms with Crippen LogP contribution >= 0.6 is 22.6 Å². The fourth-order valence-electron chi connectivity index (χ4n) is 2.70. The highest BCUT2D eigenvalue weighted by atomic mass is 127. The van der Waals surface area contributed by atoms with Crippen molar-refractivity contribution in [3.8, 4) is 0 Å². The minimum absolute atomic E-state index is 0.0109. The number of rotatable bonds is 4. The van der Waals surface area contributed by atoms with Crippen LogP contribution < -0.4 is 0 Å². The molecule has 2 rings (SSSR count). The first-order chi connectivity index (χ1) is 9.44. The summed E-state index contributed by atoms with van der Waals surface area (Å²) < 4.78 is 19.8. The SMILES string of the molecule is COC[C@]12O[C@H](C(C(=O)OC)=C1C(=O)OC)[C@H](O)[C@H]2I. The Bertz CT molecular complexity index is 474. The number of methoxy groups -OCH3 is 3. The van der Waals surface area contributed by atoms with Gasteiger partial charge in [0.2, 0.25) is 0 Å². The van der Waals surface area contributed by atoms with E-state index in [1.807, 2.05) is 22.6 Å². The summed E-state index contributed by atoms with van der Waals surface area (Å²) >= 11 is 1.99. The molecule has 0 aliphatic carbocycles. The molecule has 20 heavy (non-hydrogen) atoms. The summed E-state index contributed by atoms with van der Waals surface area (Å²) in [4.78, 5) is 24.0. The summed E-state index contributed by atoms with van der Waals surface area (Å²) in [6.07, 6.45) is -1.83. The Hall–Kier alpha value is -0.710. The van der Waals surface area contributed by atoms with Gasteiger partial charge in [0.25, 0.3) is 0 Å². The lowest BCUT2D eigenvalue weighted by molar-refractivity contribution is -0.140. The van der Waals surface area contributed by atoms with Crippen molar-refractivity contribution >= 4 is 34.5 Å². The number of alkyl halides is 1. The van der Waals surface area contributed by atoms with E-state index in [-0.39, 0.29) is 17.8 Å². The summed E-state index contributed by atoms with van der Waals surface area (Å²) in [6.45, 7) is 0.0269. The number of aliphatic hydroxyl groups is 1. The zero-order chi connectivity index (χ0) is 15.1. The molecule has 1 saturated heterocycles. The van der Waals surface area contributed by atoms with Gasteiger partial charge in [-0.25, -0.2) is 9.59 Å². The molecule has 4 atom stereocenters. The highest BCUT2D eigenvalue weighted by Gasteiger charge is 2.66. The van der Waals surface area contributed by atoms with Gasteiger partial charge in [-0.1, -0.05) is 22.6 Å². The van der Waals surface area contributed by atoms with Gasteiger partial charge in [0, 0.05) is 7.11 Å². The number of esters is 2. The van der Waals surface area contributed by atoms with E-state index in [0.29, 0.717) is 0 Å². The number of halogens is 1. The second-order valence-corrected chi connectivity index (χ2v) is 5.87. The molecule has 112 valence electrons. The molecule has 0 aromatic heterocycles. The molecule has 1 fully saturated rings. The van der Waals surface area contributed by atoms with Gasteiger partial charge < -0.3 is 24.1 Å². The number of hydrogen-bond donors (Lipinski definition) is 1. The lowest BCUT2D eigenvalue weighted by Crippen LogP contribution is -2.49. The lowest BCUT2D eigenvalue weighted by atomic mass is 9.81. The van der Waals surface area contributed by atoms with Gasteiger partial charge in [-0.2, -0.15) is 0 Å². The molecule has 7 nitrogen and oxygen atoms in total. The van der Waals surface area contributed by atoms with Crippen molar-refractivity contribution in [2.45, 2.75) is 21.7 Å². The van der Waals surface area contributed by atoms with Crippen molar-refractivity contribution < 1.29 is 33.6 Å². The molecule has 0 unspecified atom stereocenters. The standard InChI is InChI=1S/C12H15IO7/c1-17-4-12-6(11(16)19-3)5(10(15)18-2)8(20-12)7(14)9(12)13/h7-9,14H,4H2,1-3H3/t7-,8+,9+,12-/m0/s1. The van der Waals surface area contributed by atoms with E-state index < -0.39 is 33.7 Å². The Balaban J connectivity index is 2.61. The lowest BCUT2D eigenvalue weighted by Gasteiger charge is -2.32. The van der Waals surface area contributed by atoms with E-state index in [1.54, 1.807) is 0 Å². The van der Waals surface area contributed by atoms with Crippen LogP contribution in [-0.2, 0) is 28.5 Å². The molecule has 1 N–H and O–H groups in total. The Morgan fingerprint density at radius 3 is 2.40 bits per heavy atom. The average molecular weight is 398 g/mol. The van der Waals surface area contributed by atoms with E-state index in [4.69, 9.17) is 14.2 Å². The van der Waals surface area contributed by atoms with Gasteiger partial charge in [0.15, 0.2) is 0 Å². The van der Waals surface area contributed by atoms with Crippen LogP contribution in [0.25, 0.3) is 0 Å². The molecule has 0 spiro atoms. The summed E-state index contributed by atoms with van der Waals surface area (Å²) in [5, 5.41) is 10.2. The molecular weight excluding hydrogens is 383 g/mol. The van der Waals surface area contributed by atoms with Crippen molar-refractivity contribution in [1.82, 2.24) is 0 Å². The third kappa shape index (κ3) is 1.97. The molecule has 2 heterocycles. The van der Waals surface area contributed by atoms with Crippen LogP contribution in [-0.4, -0.2) is 66.7 Å². The Labute approximate surface area is 129 Å². The predicted octanol–water partition coefficient (Wildman–Crippen LogP) is -0.409. The van der Waals surface area contributed by atoms with E-state index >= 15 is 0 Å². The fraction of sp³-hybridized carbons (Fsp3) is 0.667. The minimum Gasteiger partial charge on any atom is -0.466 e. The van der Waals surface area contributed by atoms with Crippen LogP contribution in [0.1, 0.15) is 0 Å². The first-order valence-electron chi connectivity index (χ1n) is 5.84. The van der Waals surface area contributed by atoms with Gasteiger partial charge in [0.05, 0.1) is 42.0 Å². The fourth-order valence-corrected chi connectivity index (χ4v) is 3.72. The Morgan fingerprint density at radius 1 is 1.30 bits per heavy atom. The maximum absolute atomic E-state index is 12.1. The Morgan fingerprint density at radius 2 is 1.90 bits per heavy atom. The molecule has 0 saturated carbocycles. The van der Waals surface area contributed by atoms with Crippen molar-refractivity contribution in [1.29, 1.82) is 0 Å². The largest absolute Gasteiger partial charge is 0.466 e. The maximum atomic E-state index is 12.1. The molecule has 0 amide bonds. The molecule has 2 aliphatic rings. The topological polar surface area (TPSA) is 91.3 Å². The predicted molar refractivity (Wildman–Crippen MR) is 74.4 cm³/mol. The molecule has 2 aliphatic heterocycles. The monoisotopic (exact) mass is 398 g/mol. The summed E-state index contributed by atoms with van der Waals surface area (Å²) in [6, 6.07) is 0. The van der Waals surface area contributed by atoms with E-state index in [9.17, 15) is 14.7 Å². The quantitative estimate of drug-likeness (QED) is 0.391. The summed E-state index contributed by atoms with van der Waals surface area (Å²) in [7, 11) is 3.87. The zero-order valence-electron chi connectivity index (χ0n) is 11.2. The first-order valence-corrected chi connectivity index (χ1v) is 7.09. The van der Waals surface area contributed by atoms with Crippen LogP contribution in [0, 0.1) is 0 Å². The van der Waals surface area contributed by atoms with Crippen molar-refractivity contribution in [2.24, 2.45) is 0 Å². The van der Waals surface area contributed by atoms with Gasteiger partial charge in [-0.05, 0) is 0 Å². The number of fused-ring (bicyclic) bond motifs is 2. The van der Waals surface area contributed by atoms with Crippen LogP contribution in [0.15, 0.2) is 11.1 Å².